The first-order valence-corrected chi connectivity index (χ1v) is 5.92. The van der Waals surface area contributed by atoms with Gasteiger partial charge in [0, 0.05) is 10.0 Å². The molecule has 0 saturated carbocycles. The topological polar surface area (TPSA) is 33.4 Å². The van der Waals surface area contributed by atoms with Gasteiger partial charge in [-0.05, 0) is 47.5 Å². The van der Waals surface area contributed by atoms with Crippen LogP contribution in [-0.4, -0.2) is 5.11 Å². The van der Waals surface area contributed by atoms with Crippen LogP contribution in [0.4, 0.5) is 0 Å². The lowest BCUT2D eigenvalue weighted by molar-refractivity contribution is 0.170. The molecule has 0 bridgehead atoms. The number of benzene rings is 1. The van der Waals surface area contributed by atoms with Crippen molar-refractivity contribution in [3.63, 3.8) is 0 Å². The first-order chi connectivity index (χ1) is 7.59. The summed E-state index contributed by atoms with van der Waals surface area (Å²) < 4.78 is 6.62. The maximum atomic E-state index is 9.40. The molecule has 0 aliphatic rings. The Bertz CT molecular complexity index is 500. The van der Waals surface area contributed by atoms with E-state index in [4.69, 9.17) is 4.42 Å². The second-order valence-corrected chi connectivity index (χ2v) is 4.61. The molecule has 1 N–H and O–H groups in total. The van der Waals surface area contributed by atoms with E-state index in [0.29, 0.717) is 5.76 Å². The van der Waals surface area contributed by atoms with Gasteiger partial charge in [0.15, 0.2) is 0 Å². The second kappa shape index (κ2) is 4.44. The molecule has 1 unspecified atom stereocenters. The monoisotopic (exact) mass is 280 g/mol. The summed E-state index contributed by atoms with van der Waals surface area (Å²) >= 11 is 3.54. The van der Waals surface area contributed by atoms with Crippen LogP contribution in [0.1, 0.15) is 24.4 Å². The number of aliphatic hydroxyl groups excluding tert-OH is 1. The summed E-state index contributed by atoms with van der Waals surface area (Å²) in [6, 6.07) is 9.68. The Morgan fingerprint density at radius 3 is 2.62 bits per heavy atom. The van der Waals surface area contributed by atoms with Gasteiger partial charge in [0.1, 0.15) is 17.6 Å². The van der Waals surface area contributed by atoms with Crippen molar-refractivity contribution in [3.05, 3.63) is 46.1 Å². The van der Waals surface area contributed by atoms with Gasteiger partial charge < -0.3 is 9.52 Å². The van der Waals surface area contributed by atoms with Crippen molar-refractivity contribution in [2.45, 2.75) is 20.0 Å². The lowest BCUT2D eigenvalue weighted by Gasteiger charge is -2.04. The van der Waals surface area contributed by atoms with Crippen LogP contribution in [0.3, 0.4) is 0 Å². The zero-order chi connectivity index (χ0) is 11.7. The lowest BCUT2D eigenvalue weighted by Crippen LogP contribution is -1.86. The molecule has 2 rings (SSSR count). The minimum Gasteiger partial charge on any atom is -0.458 e. The number of hydrogen-bond donors (Lipinski definition) is 1. The van der Waals surface area contributed by atoms with E-state index in [1.165, 1.54) is 0 Å². The van der Waals surface area contributed by atoms with Crippen LogP contribution in [0.25, 0.3) is 11.3 Å². The quantitative estimate of drug-likeness (QED) is 0.900. The van der Waals surface area contributed by atoms with Crippen LogP contribution in [0.5, 0.6) is 0 Å². The Morgan fingerprint density at radius 1 is 1.25 bits per heavy atom. The largest absolute Gasteiger partial charge is 0.458 e. The Morgan fingerprint density at radius 2 is 2.00 bits per heavy atom. The fourth-order valence-electron chi connectivity index (χ4n) is 1.56. The second-order valence-electron chi connectivity index (χ2n) is 3.81. The van der Waals surface area contributed by atoms with Crippen LogP contribution in [0.15, 0.2) is 39.2 Å². The molecule has 3 heteroatoms. The molecule has 0 saturated heterocycles. The summed E-state index contributed by atoms with van der Waals surface area (Å²) in [7, 11) is 0. The van der Waals surface area contributed by atoms with E-state index in [1.807, 2.05) is 31.2 Å². The number of rotatable bonds is 2. The van der Waals surface area contributed by atoms with Crippen LogP contribution >= 0.6 is 15.9 Å². The highest BCUT2D eigenvalue weighted by Gasteiger charge is 2.11. The van der Waals surface area contributed by atoms with E-state index >= 15 is 0 Å². The number of hydrogen-bond acceptors (Lipinski definition) is 2. The molecule has 84 valence electrons. The Kier molecular flexibility index (Phi) is 3.17. The van der Waals surface area contributed by atoms with Gasteiger partial charge >= 0.3 is 0 Å². The number of aryl methyl sites for hydroxylation is 1. The van der Waals surface area contributed by atoms with Crippen molar-refractivity contribution in [3.8, 4) is 11.3 Å². The van der Waals surface area contributed by atoms with E-state index < -0.39 is 6.10 Å². The van der Waals surface area contributed by atoms with E-state index in [-0.39, 0.29) is 0 Å². The zero-order valence-electron chi connectivity index (χ0n) is 9.20. The fraction of sp³-hybridized carbons (Fsp3) is 0.231. The standard InChI is InChI=1S/C13H13BrO2/c1-8-4-3-5-10(13(8)14)12-7-6-11(16-12)9(2)15/h3-7,9,15H,1-2H3. The third-order valence-electron chi connectivity index (χ3n) is 2.50. The smallest absolute Gasteiger partial charge is 0.135 e. The fourth-order valence-corrected chi connectivity index (χ4v) is 2.02. The molecule has 1 heterocycles. The van der Waals surface area contributed by atoms with E-state index in [9.17, 15) is 5.11 Å². The average molecular weight is 281 g/mol. The number of furan rings is 1. The molecule has 16 heavy (non-hydrogen) atoms. The lowest BCUT2D eigenvalue weighted by atomic mass is 10.1. The van der Waals surface area contributed by atoms with Crippen molar-refractivity contribution in [2.75, 3.05) is 0 Å². The Labute approximate surface area is 103 Å². The molecule has 0 aliphatic carbocycles. The van der Waals surface area contributed by atoms with Gasteiger partial charge in [0.05, 0.1) is 0 Å². The molecule has 2 nitrogen and oxygen atoms in total. The van der Waals surface area contributed by atoms with Gasteiger partial charge in [0.25, 0.3) is 0 Å². The number of halogens is 1. The van der Waals surface area contributed by atoms with Crippen LogP contribution < -0.4 is 0 Å². The van der Waals surface area contributed by atoms with E-state index in [0.717, 1.165) is 21.4 Å². The van der Waals surface area contributed by atoms with Crippen molar-refractivity contribution < 1.29 is 9.52 Å². The molecule has 1 atom stereocenters. The highest BCUT2D eigenvalue weighted by atomic mass is 79.9. The molecular formula is C13H13BrO2. The summed E-state index contributed by atoms with van der Waals surface area (Å²) in [4.78, 5) is 0. The van der Waals surface area contributed by atoms with Crippen molar-refractivity contribution in [1.29, 1.82) is 0 Å². The highest BCUT2D eigenvalue weighted by Crippen LogP contribution is 2.32. The van der Waals surface area contributed by atoms with Crippen LogP contribution in [-0.2, 0) is 0 Å². The zero-order valence-corrected chi connectivity index (χ0v) is 10.8. The Hall–Kier alpha value is -1.06. The summed E-state index contributed by atoms with van der Waals surface area (Å²) in [5.74, 6) is 1.36. The average Bonchev–Trinajstić information content (AvgIpc) is 2.71. The molecule has 1 aromatic heterocycles. The molecule has 0 fully saturated rings. The van der Waals surface area contributed by atoms with E-state index in [2.05, 4.69) is 15.9 Å². The predicted molar refractivity (Wildman–Crippen MR) is 67.2 cm³/mol. The molecule has 0 spiro atoms. The normalized spacial score (nSPS) is 12.8. The minimum absolute atomic E-state index is 0.572. The summed E-state index contributed by atoms with van der Waals surface area (Å²) in [6.07, 6.45) is -0.572. The van der Waals surface area contributed by atoms with Crippen LogP contribution in [0, 0.1) is 6.92 Å². The number of aliphatic hydroxyl groups is 1. The van der Waals surface area contributed by atoms with Crippen molar-refractivity contribution in [1.82, 2.24) is 0 Å². The molecular weight excluding hydrogens is 268 g/mol. The predicted octanol–water partition coefficient (Wildman–Crippen LogP) is 4.07. The summed E-state index contributed by atoms with van der Waals surface area (Å²) in [5, 5.41) is 9.40. The van der Waals surface area contributed by atoms with Gasteiger partial charge in [-0.2, -0.15) is 0 Å². The van der Waals surface area contributed by atoms with Gasteiger partial charge in [-0.3, -0.25) is 0 Å². The molecule has 0 aliphatic heterocycles. The highest BCUT2D eigenvalue weighted by molar-refractivity contribution is 9.10. The van der Waals surface area contributed by atoms with Crippen LogP contribution in [0.2, 0.25) is 0 Å². The van der Waals surface area contributed by atoms with Gasteiger partial charge in [-0.25, -0.2) is 0 Å². The van der Waals surface area contributed by atoms with E-state index in [1.54, 1.807) is 13.0 Å². The third kappa shape index (κ3) is 2.06. The first-order valence-electron chi connectivity index (χ1n) is 5.13. The van der Waals surface area contributed by atoms with Crippen molar-refractivity contribution >= 4 is 15.9 Å². The first kappa shape index (κ1) is 11.4. The summed E-state index contributed by atoms with van der Waals surface area (Å²) in [6.45, 7) is 3.72. The Balaban J connectivity index is 2.47. The third-order valence-corrected chi connectivity index (χ3v) is 3.55. The SMILES string of the molecule is Cc1cccc(-c2ccc(C(C)O)o2)c1Br. The van der Waals surface area contributed by atoms with Gasteiger partial charge in [0.2, 0.25) is 0 Å². The molecule has 2 aromatic rings. The van der Waals surface area contributed by atoms with Crippen molar-refractivity contribution in [2.24, 2.45) is 0 Å². The van der Waals surface area contributed by atoms with Gasteiger partial charge in [-0.1, -0.05) is 18.2 Å². The summed E-state index contributed by atoms with van der Waals surface area (Å²) in [5.41, 5.74) is 2.17. The molecule has 0 radical (unpaired) electrons. The van der Waals surface area contributed by atoms with Gasteiger partial charge in [-0.15, -0.1) is 0 Å². The minimum atomic E-state index is -0.572. The maximum Gasteiger partial charge on any atom is 0.135 e. The maximum absolute atomic E-state index is 9.40. The molecule has 1 aromatic carbocycles. The molecule has 0 amide bonds.